The van der Waals surface area contributed by atoms with Crippen molar-refractivity contribution in [2.75, 3.05) is 19.9 Å². The van der Waals surface area contributed by atoms with Gasteiger partial charge in [0.2, 0.25) is 0 Å². The summed E-state index contributed by atoms with van der Waals surface area (Å²) in [6.45, 7) is 3.48. The zero-order valence-electron chi connectivity index (χ0n) is 14.1. The van der Waals surface area contributed by atoms with Gasteiger partial charge in [0.1, 0.15) is 18.3 Å². The molecule has 11 heteroatoms. The van der Waals surface area contributed by atoms with Crippen LogP contribution in [0.2, 0.25) is 0 Å². The first kappa shape index (κ1) is 19.4. The summed E-state index contributed by atoms with van der Waals surface area (Å²) in [6, 6.07) is 0. The smallest absolute Gasteiger partial charge is 0.264 e. The van der Waals surface area contributed by atoms with Crippen LogP contribution in [-0.4, -0.2) is 64.8 Å². The van der Waals surface area contributed by atoms with Crippen LogP contribution in [0.4, 0.5) is 0 Å². The molecule has 10 nitrogen and oxygen atoms in total. The Hall–Kier alpha value is -0.940. The van der Waals surface area contributed by atoms with E-state index in [0.29, 0.717) is 12.8 Å². The van der Waals surface area contributed by atoms with Crippen LogP contribution < -0.4 is 0 Å². The first-order valence-electron chi connectivity index (χ1n) is 7.58. The Morgan fingerprint density at radius 1 is 1.29 bits per heavy atom. The lowest BCUT2D eigenvalue weighted by molar-refractivity contribution is -0.241. The van der Waals surface area contributed by atoms with Gasteiger partial charge in [-0.1, -0.05) is 5.11 Å². The van der Waals surface area contributed by atoms with Crippen LogP contribution in [0.25, 0.3) is 10.4 Å². The fourth-order valence-corrected chi connectivity index (χ4v) is 3.64. The van der Waals surface area contributed by atoms with E-state index in [0.717, 1.165) is 6.26 Å². The van der Waals surface area contributed by atoms with Crippen LogP contribution in [0.5, 0.6) is 0 Å². The maximum atomic E-state index is 11.5. The maximum Gasteiger partial charge on any atom is 0.264 e. The van der Waals surface area contributed by atoms with Crippen molar-refractivity contribution in [2.45, 2.75) is 63.2 Å². The van der Waals surface area contributed by atoms with Gasteiger partial charge in [-0.3, -0.25) is 4.18 Å². The van der Waals surface area contributed by atoms with Crippen LogP contribution in [0.15, 0.2) is 5.11 Å². The van der Waals surface area contributed by atoms with Crippen molar-refractivity contribution < 1.29 is 31.5 Å². The van der Waals surface area contributed by atoms with Gasteiger partial charge in [-0.2, -0.15) is 8.42 Å². The average molecular weight is 365 g/mol. The number of hydrogen-bond acceptors (Lipinski definition) is 8. The molecule has 0 bridgehead atoms. The summed E-state index contributed by atoms with van der Waals surface area (Å²) >= 11 is 0. The van der Waals surface area contributed by atoms with E-state index >= 15 is 0 Å². The second kappa shape index (κ2) is 7.52. The lowest BCUT2D eigenvalue weighted by Gasteiger charge is -2.38. The molecule has 2 aliphatic rings. The second-order valence-corrected chi connectivity index (χ2v) is 7.83. The van der Waals surface area contributed by atoms with Crippen molar-refractivity contribution in [1.29, 1.82) is 0 Å². The van der Waals surface area contributed by atoms with E-state index in [1.165, 1.54) is 7.11 Å². The van der Waals surface area contributed by atoms with Crippen molar-refractivity contribution in [3.63, 3.8) is 0 Å². The van der Waals surface area contributed by atoms with E-state index < -0.39 is 46.6 Å². The van der Waals surface area contributed by atoms with E-state index in [-0.39, 0.29) is 6.54 Å². The second-order valence-electron chi connectivity index (χ2n) is 6.23. The van der Waals surface area contributed by atoms with Crippen LogP contribution in [0, 0.1) is 0 Å². The topological polar surface area (TPSA) is 129 Å². The predicted octanol–water partition coefficient (Wildman–Crippen LogP) is 1.31. The van der Waals surface area contributed by atoms with Crippen LogP contribution >= 0.6 is 0 Å². The monoisotopic (exact) mass is 365 g/mol. The molecule has 0 unspecified atom stereocenters. The summed E-state index contributed by atoms with van der Waals surface area (Å²) in [5, 5.41) is 3.53. The van der Waals surface area contributed by atoms with Gasteiger partial charge < -0.3 is 18.9 Å². The molecule has 138 valence electrons. The van der Waals surface area contributed by atoms with Gasteiger partial charge >= 0.3 is 0 Å². The van der Waals surface area contributed by atoms with Crippen LogP contribution in [0.3, 0.4) is 0 Å². The van der Waals surface area contributed by atoms with E-state index in [4.69, 9.17) is 28.7 Å². The minimum atomic E-state index is -3.67. The molecule has 2 saturated heterocycles. The van der Waals surface area contributed by atoms with Gasteiger partial charge in [-0.15, -0.1) is 0 Å². The van der Waals surface area contributed by atoms with E-state index in [1.54, 1.807) is 13.8 Å². The van der Waals surface area contributed by atoms with Crippen molar-refractivity contribution in [2.24, 2.45) is 5.11 Å². The van der Waals surface area contributed by atoms with Gasteiger partial charge in [0.05, 0.1) is 18.9 Å². The Balaban J connectivity index is 2.24. The molecule has 2 aliphatic heterocycles. The third-order valence-corrected chi connectivity index (χ3v) is 4.39. The van der Waals surface area contributed by atoms with Gasteiger partial charge in [-0.05, 0) is 25.8 Å². The SMILES string of the molecule is CO[C@H]1CC[C@H](OS(C)(=O)=O)[C@H]([C@@H]2OC(C)(C)O[C@H]2CN=[N+]=[N-])O1. The molecular weight excluding hydrogens is 342 g/mol. The molecular formula is C13H23N3O7S. The summed E-state index contributed by atoms with van der Waals surface area (Å²) in [5.41, 5.74) is 8.54. The number of rotatable bonds is 6. The molecule has 5 atom stereocenters. The molecule has 2 rings (SSSR count). The number of nitrogens with zero attached hydrogens (tertiary/aromatic N) is 3. The lowest BCUT2D eigenvalue weighted by atomic mass is 9.97. The average Bonchev–Trinajstić information content (AvgIpc) is 2.79. The molecule has 0 spiro atoms. The molecule has 0 aromatic carbocycles. The third kappa shape index (κ3) is 5.03. The maximum absolute atomic E-state index is 11.5. The van der Waals surface area contributed by atoms with Gasteiger partial charge in [0.15, 0.2) is 12.1 Å². The summed E-state index contributed by atoms with van der Waals surface area (Å²) in [4.78, 5) is 2.73. The molecule has 0 saturated carbocycles. The zero-order chi connectivity index (χ0) is 18.0. The van der Waals surface area contributed by atoms with Crippen molar-refractivity contribution in [3.05, 3.63) is 10.4 Å². The largest absolute Gasteiger partial charge is 0.356 e. The summed E-state index contributed by atoms with van der Waals surface area (Å²) in [6.07, 6.45) is -1.31. The fraction of sp³-hybridized carbons (Fsp3) is 1.00. The Morgan fingerprint density at radius 2 is 2.00 bits per heavy atom. The lowest BCUT2D eigenvalue weighted by Crippen LogP contribution is -2.52. The van der Waals surface area contributed by atoms with E-state index in [9.17, 15) is 8.42 Å². The summed E-state index contributed by atoms with van der Waals surface area (Å²) < 4.78 is 50.9. The normalized spacial score (nSPS) is 36.2. The highest BCUT2D eigenvalue weighted by Gasteiger charge is 2.50. The summed E-state index contributed by atoms with van der Waals surface area (Å²) in [7, 11) is -2.17. The molecule has 0 aromatic rings. The Labute approximate surface area is 141 Å². The molecule has 0 aliphatic carbocycles. The van der Waals surface area contributed by atoms with Gasteiger partial charge in [-0.25, -0.2) is 0 Å². The van der Waals surface area contributed by atoms with Crippen LogP contribution in [0.1, 0.15) is 26.7 Å². The molecule has 2 heterocycles. The number of azide groups is 1. The fourth-order valence-electron chi connectivity index (χ4n) is 2.99. The minimum absolute atomic E-state index is 0.0354. The third-order valence-electron chi connectivity index (χ3n) is 3.79. The quantitative estimate of drug-likeness (QED) is 0.300. The Kier molecular flexibility index (Phi) is 6.08. The number of ether oxygens (including phenoxy) is 4. The van der Waals surface area contributed by atoms with Gasteiger partial charge in [0.25, 0.3) is 10.1 Å². The highest BCUT2D eigenvalue weighted by Crippen LogP contribution is 2.36. The molecule has 0 N–H and O–H groups in total. The van der Waals surface area contributed by atoms with E-state index in [2.05, 4.69) is 10.0 Å². The Morgan fingerprint density at radius 3 is 2.58 bits per heavy atom. The molecule has 24 heavy (non-hydrogen) atoms. The van der Waals surface area contributed by atoms with Crippen LogP contribution in [-0.2, 0) is 33.2 Å². The molecule has 0 aromatic heterocycles. The van der Waals surface area contributed by atoms with Gasteiger partial charge in [0, 0.05) is 18.4 Å². The highest BCUT2D eigenvalue weighted by atomic mass is 32.2. The first-order chi connectivity index (χ1) is 11.1. The zero-order valence-corrected chi connectivity index (χ0v) is 14.9. The highest BCUT2D eigenvalue weighted by molar-refractivity contribution is 7.86. The standard InChI is InChI=1S/C13H23N3O7S/c1-13(2)21-9(7-15-16-14)12(22-13)11-8(23-24(4,17)18)5-6-10(19-3)20-11/h8-12H,5-7H2,1-4H3/t8-,9-,10+,11+,12+/m0/s1. The van der Waals surface area contributed by atoms with Crippen molar-refractivity contribution >= 4 is 10.1 Å². The number of hydrogen-bond donors (Lipinski definition) is 0. The Bertz CT molecular complexity index is 590. The summed E-state index contributed by atoms with van der Waals surface area (Å²) in [5.74, 6) is -0.917. The van der Waals surface area contributed by atoms with E-state index in [1.807, 2.05) is 0 Å². The molecule has 2 fully saturated rings. The van der Waals surface area contributed by atoms with Crippen molar-refractivity contribution in [3.8, 4) is 0 Å². The minimum Gasteiger partial charge on any atom is -0.356 e. The number of methoxy groups -OCH3 is 1. The molecule has 0 radical (unpaired) electrons. The predicted molar refractivity (Wildman–Crippen MR) is 82.5 cm³/mol. The first-order valence-corrected chi connectivity index (χ1v) is 9.40. The molecule has 0 amide bonds. The van der Waals surface area contributed by atoms with Crippen molar-refractivity contribution in [1.82, 2.24) is 0 Å².